The molecule has 10 heteroatoms. The van der Waals surface area contributed by atoms with Crippen molar-refractivity contribution in [3.8, 4) is 0 Å². The maximum Gasteiger partial charge on any atom is 0.472 e. The average molecular weight is 1150 g/mol. The number of unbranched alkanes of at least 4 members (excludes halogenated alkanes) is 45. The van der Waals surface area contributed by atoms with E-state index in [2.05, 4.69) is 50.3 Å². The molecule has 0 amide bonds. The second kappa shape index (κ2) is 61.8. The molecule has 0 aliphatic heterocycles. The van der Waals surface area contributed by atoms with Gasteiger partial charge >= 0.3 is 19.8 Å². The molecule has 0 aromatic carbocycles. The lowest BCUT2D eigenvalue weighted by Gasteiger charge is -2.24. The lowest BCUT2D eigenvalue weighted by Crippen LogP contribution is -2.37. The second-order valence-corrected chi connectivity index (χ2v) is 26.4. The highest BCUT2D eigenvalue weighted by atomic mass is 31.2. The lowest BCUT2D eigenvalue weighted by molar-refractivity contribution is -0.870. The number of likely N-dealkylation sites (N-methyl/N-ethyl adjacent to an activating group) is 1. The Morgan fingerprint density at radius 2 is 0.675 bits per heavy atom. The van der Waals surface area contributed by atoms with E-state index in [0.29, 0.717) is 23.9 Å². The monoisotopic (exact) mass is 1150 g/mol. The molecule has 0 heterocycles. The van der Waals surface area contributed by atoms with E-state index in [4.69, 9.17) is 18.5 Å². The minimum atomic E-state index is -4.39. The average Bonchev–Trinajstić information content (AvgIpc) is 3.42. The summed E-state index contributed by atoms with van der Waals surface area (Å²) in [6.45, 7) is 4.49. The normalized spacial score (nSPS) is 13.3. The molecule has 80 heavy (non-hydrogen) atoms. The van der Waals surface area contributed by atoms with Gasteiger partial charge in [0, 0.05) is 12.8 Å². The number of ether oxygens (including phenoxy) is 2. The van der Waals surface area contributed by atoms with Crippen LogP contribution in [-0.4, -0.2) is 74.9 Å². The van der Waals surface area contributed by atoms with Crippen molar-refractivity contribution in [2.24, 2.45) is 0 Å². The fourth-order valence-electron chi connectivity index (χ4n) is 10.3. The Balaban J connectivity index is 4.01. The number of carbonyl (C=O) groups excluding carboxylic acids is 2. The van der Waals surface area contributed by atoms with Crippen LogP contribution in [0.3, 0.4) is 0 Å². The van der Waals surface area contributed by atoms with Crippen molar-refractivity contribution < 1.29 is 42.1 Å². The topological polar surface area (TPSA) is 108 Å². The van der Waals surface area contributed by atoms with Gasteiger partial charge in [0.15, 0.2) is 6.10 Å². The molecule has 0 saturated carbocycles. The van der Waals surface area contributed by atoms with Crippen LogP contribution in [0.15, 0.2) is 36.5 Å². The zero-order valence-corrected chi connectivity index (χ0v) is 54.7. The molecular weight excluding hydrogens is 1010 g/mol. The summed E-state index contributed by atoms with van der Waals surface area (Å²) >= 11 is 0. The summed E-state index contributed by atoms with van der Waals surface area (Å²) in [5.41, 5.74) is 0. The van der Waals surface area contributed by atoms with Gasteiger partial charge in [0.25, 0.3) is 0 Å². The molecule has 9 nitrogen and oxygen atoms in total. The quantitative estimate of drug-likeness (QED) is 0.0211. The van der Waals surface area contributed by atoms with Gasteiger partial charge < -0.3 is 18.9 Å². The van der Waals surface area contributed by atoms with Crippen LogP contribution in [0.4, 0.5) is 0 Å². The maximum absolute atomic E-state index is 12.9. The second-order valence-electron chi connectivity index (χ2n) is 24.9. The first-order valence-electron chi connectivity index (χ1n) is 34.7. The Kier molecular flexibility index (Phi) is 60.4. The number of carbonyl (C=O) groups is 2. The number of phosphoric ester groups is 1. The first-order valence-corrected chi connectivity index (χ1v) is 36.2. The van der Waals surface area contributed by atoms with Crippen molar-refractivity contribution in [1.82, 2.24) is 0 Å². The molecule has 2 unspecified atom stereocenters. The number of hydrogen-bond donors (Lipinski definition) is 1. The molecule has 0 saturated heterocycles. The molecule has 1 N–H and O–H groups in total. The zero-order chi connectivity index (χ0) is 58.4. The van der Waals surface area contributed by atoms with E-state index in [1.54, 1.807) is 0 Å². The Hall–Kier alpha value is -1.77. The number of quaternary nitrogens is 1. The molecule has 0 rings (SSSR count). The van der Waals surface area contributed by atoms with Crippen molar-refractivity contribution in [3.05, 3.63) is 36.5 Å². The van der Waals surface area contributed by atoms with E-state index in [9.17, 15) is 19.0 Å². The highest BCUT2D eigenvalue weighted by molar-refractivity contribution is 7.47. The van der Waals surface area contributed by atoms with Gasteiger partial charge in [0.1, 0.15) is 19.8 Å². The smallest absolute Gasteiger partial charge is 0.462 e. The zero-order valence-electron chi connectivity index (χ0n) is 53.8. The van der Waals surface area contributed by atoms with E-state index >= 15 is 0 Å². The lowest BCUT2D eigenvalue weighted by atomic mass is 10.0. The summed E-state index contributed by atoms with van der Waals surface area (Å²) in [6, 6.07) is 0. The Morgan fingerprint density at radius 3 is 1.00 bits per heavy atom. The van der Waals surface area contributed by atoms with Crippen LogP contribution >= 0.6 is 7.82 Å². The summed E-state index contributed by atoms with van der Waals surface area (Å²) in [6.07, 6.45) is 78.2. The van der Waals surface area contributed by atoms with Crippen LogP contribution in [0.25, 0.3) is 0 Å². The molecular formula is C70H135NO8P+. The number of allylic oxidation sites excluding steroid dienone is 6. The van der Waals surface area contributed by atoms with E-state index in [0.717, 1.165) is 38.5 Å². The third-order valence-electron chi connectivity index (χ3n) is 15.6. The van der Waals surface area contributed by atoms with Crippen molar-refractivity contribution in [3.63, 3.8) is 0 Å². The third kappa shape index (κ3) is 65.4. The van der Waals surface area contributed by atoms with E-state index < -0.39 is 26.5 Å². The van der Waals surface area contributed by atoms with Crippen LogP contribution in [0, 0.1) is 0 Å². The number of hydrogen-bond acceptors (Lipinski definition) is 7. The van der Waals surface area contributed by atoms with Gasteiger partial charge in [-0.1, -0.05) is 301 Å². The molecule has 2 atom stereocenters. The van der Waals surface area contributed by atoms with Gasteiger partial charge in [0.2, 0.25) is 0 Å². The highest BCUT2D eigenvalue weighted by Gasteiger charge is 2.27. The van der Waals surface area contributed by atoms with Crippen LogP contribution in [-0.2, 0) is 32.7 Å². The molecule has 0 fully saturated rings. The van der Waals surface area contributed by atoms with Gasteiger partial charge in [-0.25, -0.2) is 4.57 Å². The number of nitrogens with zero attached hydrogens (tertiary/aromatic N) is 1. The summed E-state index contributed by atoms with van der Waals surface area (Å²) in [7, 11) is 1.49. The summed E-state index contributed by atoms with van der Waals surface area (Å²) in [4.78, 5) is 35.9. The molecule has 0 bridgehead atoms. The minimum Gasteiger partial charge on any atom is -0.462 e. The largest absolute Gasteiger partial charge is 0.472 e. The van der Waals surface area contributed by atoms with Gasteiger partial charge in [-0.05, 0) is 70.6 Å². The third-order valence-corrected chi connectivity index (χ3v) is 16.6. The summed E-state index contributed by atoms with van der Waals surface area (Å²) in [5.74, 6) is -0.778. The Morgan fingerprint density at radius 1 is 0.388 bits per heavy atom. The van der Waals surface area contributed by atoms with Gasteiger partial charge in [-0.3, -0.25) is 18.6 Å². The predicted octanol–water partition coefficient (Wildman–Crippen LogP) is 22.3. The summed E-state index contributed by atoms with van der Waals surface area (Å²) < 4.78 is 34.7. The number of phosphoric acid groups is 1. The maximum atomic E-state index is 12.9. The Labute approximate surface area is 497 Å². The SMILES string of the molecule is CCCCCCC/C=C\C/C=C\CCCCCCCCCCCCCCCCCC(=O)OC(COC(=O)CCCCCCCCCCCCCCCCCCC/C=C\CCCCCCCCCC)COP(=O)(O)OCC[N+](C)(C)C. The predicted molar refractivity (Wildman–Crippen MR) is 344 cm³/mol. The minimum absolute atomic E-state index is 0.0340. The van der Waals surface area contributed by atoms with Gasteiger partial charge in [-0.15, -0.1) is 0 Å². The summed E-state index contributed by atoms with van der Waals surface area (Å²) in [5, 5.41) is 0. The molecule has 0 aromatic heterocycles. The first-order chi connectivity index (χ1) is 39.0. The Bertz CT molecular complexity index is 1440. The molecule has 0 aromatic rings. The van der Waals surface area contributed by atoms with Crippen LogP contribution in [0.1, 0.15) is 348 Å². The van der Waals surface area contributed by atoms with Crippen LogP contribution in [0.2, 0.25) is 0 Å². The molecule has 472 valence electrons. The van der Waals surface area contributed by atoms with E-state index in [1.807, 2.05) is 21.1 Å². The van der Waals surface area contributed by atoms with Crippen molar-refractivity contribution >= 4 is 19.8 Å². The molecule has 0 radical (unpaired) electrons. The van der Waals surface area contributed by atoms with Crippen LogP contribution < -0.4 is 0 Å². The van der Waals surface area contributed by atoms with Gasteiger partial charge in [0.05, 0.1) is 27.7 Å². The van der Waals surface area contributed by atoms with Crippen molar-refractivity contribution in [2.45, 2.75) is 354 Å². The number of esters is 2. The molecule has 0 aliphatic carbocycles. The van der Waals surface area contributed by atoms with Crippen molar-refractivity contribution in [1.29, 1.82) is 0 Å². The van der Waals surface area contributed by atoms with Crippen molar-refractivity contribution in [2.75, 3.05) is 47.5 Å². The van der Waals surface area contributed by atoms with Crippen LogP contribution in [0.5, 0.6) is 0 Å². The fraction of sp³-hybridized carbons (Fsp3) is 0.886. The highest BCUT2D eigenvalue weighted by Crippen LogP contribution is 2.43. The molecule has 0 aliphatic rings. The first kappa shape index (κ1) is 78.2. The molecule has 0 spiro atoms. The van der Waals surface area contributed by atoms with E-state index in [1.165, 1.54) is 276 Å². The van der Waals surface area contributed by atoms with Gasteiger partial charge in [-0.2, -0.15) is 0 Å². The number of rotatable bonds is 65. The fourth-order valence-corrected chi connectivity index (χ4v) is 11.0. The standard InChI is InChI=1S/C70H134NO8P/c1-6-8-10-12-14-16-18-20-22-24-26-28-30-32-34-35-37-38-40-42-44-46-48-50-52-54-56-58-60-62-69(72)76-66-68(67-78-80(74,75)77-65-64-71(3,4)5)79-70(73)63-61-59-57-55-53-51-49-47-45-43-41-39-36-33-31-29-27-25-23-21-19-17-15-13-11-9-7-2/h19,21,24-27,68H,6-18,20,22-23,28-67H2,1-5H3/p+1/b21-19-,26-24-,27-25-. The van der Waals surface area contributed by atoms with E-state index in [-0.39, 0.29) is 25.6 Å².